The van der Waals surface area contributed by atoms with Gasteiger partial charge in [0.1, 0.15) is 6.07 Å². The lowest BCUT2D eigenvalue weighted by Crippen LogP contribution is -2.49. The zero-order valence-electron chi connectivity index (χ0n) is 21.8. The van der Waals surface area contributed by atoms with E-state index in [1.165, 1.54) is 18.5 Å². The summed E-state index contributed by atoms with van der Waals surface area (Å²) in [6.45, 7) is 6.00. The molecule has 1 fully saturated rings. The monoisotopic (exact) mass is 530 g/mol. The fraction of sp³-hybridized carbons (Fsp3) is 0.462. The molecule has 0 atom stereocenters. The van der Waals surface area contributed by atoms with Crippen LogP contribution in [0.25, 0.3) is 0 Å². The highest BCUT2D eigenvalue weighted by Gasteiger charge is 2.26. The summed E-state index contributed by atoms with van der Waals surface area (Å²) in [6.07, 6.45) is 0.114. The number of rotatable bonds is 10. The Kier molecular flexibility index (Phi) is 9.47. The lowest BCUT2D eigenvalue weighted by Gasteiger charge is -2.36. The molecule has 1 aliphatic heterocycles. The largest absolute Gasteiger partial charge is 0.493 e. The third-order valence-corrected chi connectivity index (χ3v) is 8.04. The van der Waals surface area contributed by atoms with E-state index in [1.807, 2.05) is 11.8 Å². The van der Waals surface area contributed by atoms with Crippen molar-refractivity contribution in [2.75, 3.05) is 62.0 Å². The van der Waals surface area contributed by atoms with Crippen LogP contribution in [-0.2, 0) is 21.3 Å². The molecule has 37 heavy (non-hydrogen) atoms. The van der Waals surface area contributed by atoms with Crippen molar-refractivity contribution < 1.29 is 27.4 Å². The van der Waals surface area contributed by atoms with Crippen LogP contribution in [0.1, 0.15) is 31.4 Å². The molecule has 2 aromatic carbocycles. The molecule has 0 aliphatic carbocycles. The highest BCUT2D eigenvalue weighted by Crippen LogP contribution is 2.32. The summed E-state index contributed by atoms with van der Waals surface area (Å²) < 4.78 is 43.6. The van der Waals surface area contributed by atoms with Gasteiger partial charge in [-0.25, -0.2) is 13.2 Å². The van der Waals surface area contributed by atoms with Crippen LogP contribution in [0.3, 0.4) is 0 Å². The molecule has 0 saturated carbocycles. The van der Waals surface area contributed by atoms with Crippen LogP contribution in [0.4, 0.5) is 16.2 Å². The Morgan fingerprint density at radius 1 is 1.03 bits per heavy atom. The molecule has 0 spiro atoms. The average Bonchev–Trinajstić information content (AvgIpc) is 2.91. The molecule has 1 amide bonds. The maximum Gasteiger partial charge on any atom is 0.409 e. The molecule has 11 heteroatoms. The number of carbonyl (C=O) groups excluding carboxylic acids is 1. The van der Waals surface area contributed by atoms with E-state index in [9.17, 15) is 18.5 Å². The highest BCUT2D eigenvalue weighted by molar-refractivity contribution is 7.92. The Morgan fingerprint density at radius 3 is 2.32 bits per heavy atom. The van der Waals surface area contributed by atoms with Crippen LogP contribution in [0.5, 0.6) is 11.5 Å². The number of sulfonamides is 1. The van der Waals surface area contributed by atoms with E-state index in [2.05, 4.69) is 6.07 Å². The quantitative estimate of drug-likeness (QED) is 0.458. The minimum atomic E-state index is -3.66. The van der Waals surface area contributed by atoms with Gasteiger partial charge in [-0.3, -0.25) is 4.31 Å². The maximum absolute atomic E-state index is 13.3. The standard InChI is InChI=1S/C26H34N4O6S/c1-5-15-37(32,33)30(19-20-7-10-24(34-3)25(16-20)35-4)22-8-9-23(21(17-22)18-27)28-11-13-29(14-12-28)26(31)36-6-2/h7-10,16-17H,5-6,11-15,19H2,1-4H3. The predicted molar refractivity (Wildman–Crippen MR) is 142 cm³/mol. The van der Waals surface area contributed by atoms with Crippen molar-refractivity contribution in [1.29, 1.82) is 5.26 Å². The smallest absolute Gasteiger partial charge is 0.409 e. The van der Waals surface area contributed by atoms with Crippen molar-refractivity contribution in [2.45, 2.75) is 26.8 Å². The van der Waals surface area contributed by atoms with Gasteiger partial charge in [-0.05, 0) is 49.2 Å². The van der Waals surface area contributed by atoms with E-state index in [4.69, 9.17) is 14.2 Å². The van der Waals surface area contributed by atoms with Gasteiger partial charge in [-0.2, -0.15) is 5.26 Å². The first-order chi connectivity index (χ1) is 17.8. The molecule has 10 nitrogen and oxygen atoms in total. The summed E-state index contributed by atoms with van der Waals surface area (Å²) >= 11 is 0. The molecule has 1 saturated heterocycles. The SMILES string of the molecule is CCCS(=O)(=O)N(Cc1ccc(OC)c(OC)c1)c1ccc(N2CCN(C(=O)OCC)CC2)c(C#N)c1. The van der Waals surface area contributed by atoms with Crippen molar-refractivity contribution in [1.82, 2.24) is 4.90 Å². The Labute approximate surface area is 219 Å². The van der Waals surface area contributed by atoms with E-state index in [0.29, 0.717) is 67.6 Å². The van der Waals surface area contributed by atoms with Gasteiger partial charge in [-0.1, -0.05) is 13.0 Å². The minimum Gasteiger partial charge on any atom is -0.493 e. The number of amides is 1. The summed E-state index contributed by atoms with van der Waals surface area (Å²) in [4.78, 5) is 15.7. The molecule has 0 aromatic heterocycles. The van der Waals surface area contributed by atoms with Crippen molar-refractivity contribution >= 4 is 27.5 Å². The topological polar surface area (TPSA) is 112 Å². The van der Waals surface area contributed by atoms with Crippen LogP contribution in [0.15, 0.2) is 36.4 Å². The zero-order chi connectivity index (χ0) is 27.0. The van der Waals surface area contributed by atoms with Gasteiger partial charge in [0.05, 0.1) is 50.1 Å². The van der Waals surface area contributed by atoms with E-state index in [-0.39, 0.29) is 18.4 Å². The molecule has 2 aromatic rings. The van der Waals surface area contributed by atoms with E-state index in [1.54, 1.807) is 48.2 Å². The first-order valence-electron chi connectivity index (χ1n) is 12.2. The molecule has 0 radical (unpaired) electrons. The summed E-state index contributed by atoms with van der Waals surface area (Å²) in [5, 5.41) is 9.93. The van der Waals surface area contributed by atoms with Crippen molar-refractivity contribution in [2.24, 2.45) is 0 Å². The van der Waals surface area contributed by atoms with E-state index in [0.717, 1.165) is 5.56 Å². The number of nitriles is 1. The van der Waals surface area contributed by atoms with Gasteiger partial charge in [0, 0.05) is 26.2 Å². The molecule has 0 bridgehead atoms. The van der Waals surface area contributed by atoms with Gasteiger partial charge in [-0.15, -0.1) is 0 Å². The Hall–Kier alpha value is -3.65. The molecule has 1 heterocycles. The summed E-state index contributed by atoms with van der Waals surface area (Å²) in [5.41, 5.74) is 2.20. The minimum absolute atomic E-state index is 0.0280. The molecular weight excluding hydrogens is 496 g/mol. The van der Waals surface area contributed by atoms with Crippen LogP contribution in [0.2, 0.25) is 0 Å². The molecular formula is C26H34N4O6S. The Morgan fingerprint density at radius 2 is 1.73 bits per heavy atom. The first-order valence-corrected chi connectivity index (χ1v) is 13.8. The molecule has 1 aliphatic rings. The summed E-state index contributed by atoms with van der Waals surface area (Å²) in [6, 6.07) is 12.6. The third kappa shape index (κ3) is 6.57. The van der Waals surface area contributed by atoms with Gasteiger partial charge in [0.15, 0.2) is 11.5 Å². The number of carbonyl (C=O) groups is 1. The van der Waals surface area contributed by atoms with Crippen molar-refractivity contribution in [3.63, 3.8) is 0 Å². The number of ether oxygens (including phenoxy) is 3. The normalized spacial score (nSPS) is 13.6. The fourth-order valence-corrected chi connectivity index (χ4v) is 5.77. The maximum atomic E-state index is 13.3. The number of nitrogens with zero attached hydrogens (tertiary/aromatic N) is 4. The van der Waals surface area contributed by atoms with Gasteiger partial charge < -0.3 is 24.0 Å². The fourth-order valence-electron chi connectivity index (χ4n) is 4.25. The average molecular weight is 531 g/mol. The molecule has 200 valence electrons. The van der Waals surface area contributed by atoms with Crippen LogP contribution >= 0.6 is 0 Å². The number of piperazine rings is 1. The Balaban J connectivity index is 1.90. The van der Waals surface area contributed by atoms with E-state index < -0.39 is 10.0 Å². The second-order valence-corrected chi connectivity index (χ2v) is 10.5. The van der Waals surface area contributed by atoms with Crippen molar-refractivity contribution in [3.8, 4) is 17.6 Å². The Bertz CT molecular complexity index is 1240. The van der Waals surface area contributed by atoms with Gasteiger partial charge >= 0.3 is 6.09 Å². The molecule has 0 N–H and O–H groups in total. The molecule has 0 unspecified atom stereocenters. The first kappa shape index (κ1) is 27.9. The lowest BCUT2D eigenvalue weighted by molar-refractivity contribution is 0.105. The van der Waals surface area contributed by atoms with Crippen molar-refractivity contribution in [3.05, 3.63) is 47.5 Å². The van der Waals surface area contributed by atoms with Gasteiger partial charge in [0.2, 0.25) is 10.0 Å². The van der Waals surface area contributed by atoms with E-state index >= 15 is 0 Å². The number of methoxy groups -OCH3 is 2. The number of anilines is 2. The van der Waals surface area contributed by atoms with Crippen LogP contribution in [0, 0.1) is 11.3 Å². The highest BCUT2D eigenvalue weighted by atomic mass is 32.2. The number of benzene rings is 2. The number of hydrogen-bond acceptors (Lipinski definition) is 8. The number of hydrogen-bond donors (Lipinski definition) is 0. The van der Waals surface area contributed by atoms with Crippen LogP contribution < -0.4 is 18.7 Å². The van der Waals surface area contributed by atoms with Gasteiger partial charge in [0.25, 0.3) is 0 Å². The summed E-state index contributed by atoms with van der Waals surface area (Å²) in [7, 11) is -0.599. The van der Waals surface area contributed by atoms with Crippen LogP contribution in [-0.4, -0.2) is 72.2 Å². The summed E-state index contributed by atoms with van der Waals surface area (Å²) in [5.74, 6) is 1.02. The zero-order valence-corrected chi connectivity index (χ0v) is 22.6. The molecule has 3 rings (SSSR count). The second-order valence-electron chi connectivity index (χ2n) is 8.50. The third-order valence-electron chi connectivity index (χ3n) is 6.11. The lowest BCUT2D eigenvalue weighted by atomic mass is 10.1. The predicted octanol–water partition coefficient (Wildman–Crippen LogP) is 3.60. The second kappa shape index (κ2) is 12.5.